The molecule has 1 fully saturated rings. The van der Waals surface area contributed by atoms with Gasteiger partial charge >= 0.3 is 0 Å². The van der Waals surface area contributed by atoms with E-state index in [4.69, 9.17) is 0 Å². The SMILES string of the molecule is CCCN1CCC(CNC(=NC)NCc2ccnn2C)C1. The minimum atomic E-state index is 0.729. The first-order valence-corrected chi connectivity index (χ1v) is 7.86. The molecule has 21 heavy (non-hydrogen) atoms. The number of hydrogen-bond donors (Lipinski definition) is 2. The van der Waals surface area contributed by atoms with Crippen molar-refractivity contribution in [3.63, 3.8) is 0 Å². The van der Waals surface area contributed by atoms with Crippen LogP contribution in [0.2, 0.25) is 0 Å². The molecule has 0 radical (unpaired) electrons. The summed E-state index contributed by atoms with van der Waals surface area (Å²) in [5.74, 6) is 1.59. The second kappa shape index (κ2) is 8.02. The van der Waals surface area contributed by atoms with Crippen LogP contribution in [-0.4, -0.2) is 53.9 Å². The third-order valence-corrected chi connectivity index (χ3v) is 4.05. The Morgan fingerprint density at radius 1 is 1.48 bits per heavy atom. The van der Waals surface area contributed by atoms with Gasteiger partial charge < -0.3 is 15.5 Å². The molecule has 118 valence electrons. The summed E-state index contributed by atoms with van der Waals surface area (Å²) in [6.45, 7) is 7.65. The van der Waals surface area contributed by atoms with Gasteiger partial charge in [-0.1, -0.05) is 6.92 Å². The van der Waals surface area contributed by atoms with Crippen LogP contribution in [0.25, 0.3) is 0 Å². The van der Waals surface area contributed by atoms with Gasteiger partial charge in [-0.25, -0.2) is 0 Å². The summed E-state index contributed by atoms with van der Waals surface area (Å²) in [5, 5.41) is 10.9. The molecular formula is C15H28N6. The van der Waals surface area contributed by atoms with Gasteiger partial charge in [-0.15, -0.1) is 0 Å². The van der Waals surface area contributed by atoms with Crippen molar-refractivity contribution >= 4 is 5.96 Å². The van der Waals surface area contributed by atoms with E-state index in [2.05, 4.69) is 32.5 Å². The molecule has 2 rings (SSSR count). The maximum atomic E-state index is 4.28. The van der Waals surface area contributed by atoms with Crippen molar-refractivity contribution in [1.82, 2.24) is 25.3 Å². The van der Waals surface area contributed by atoms with E-state index in [9.17, 15) is 0 Å². The number of nitrogens with zero attached hydrogens (tertiary/aromatic N) is 4. The second-order valence-corrected chi connectivity index (χ2v) is 5.71. The molecule has 2 heterocycles. The zero-order valence-electron chi connectivity index (χ0n) is 13.5. The van der Waals surface area contributed by atoms with Crippen LogP contribution in [0.4, 0.5) is 0 Å². The van der Waals surface area contributed by atoms with Crippen molar-refractivity contribution in [2.75, 3.05) is 33.2 Å². The zero-order valence-corrected chi connectivity index (χ0v) is 13.5. The van der Waals surface area contributed by atoms with Gasteiger partial charge in [-0.2, -0.15) is 5.10 Å². The van der Waals surface area contributed by atoms with Gasteiger partial charge in [0, 0.05) is 33.4 Å². The normalized spacial score (nSPS) is 20.0. The Balaban J connectivity index is 1.70. The molecule has 1 aromatic heterocycles. The van der Waals surface area contributed by atoms with Crippen LogP contribution in [-0.2, 0) is 13.6 Å². The maximum Gasteiger partial charge on any atom is 0.191 e. The van der Waals surface area contributed by atoms with Crippen LogP contribution in [0.3, 0.4) is 0 Å². The highest BCUT2D eigenvalue weighted by molar-refractivity contribution is 5.79. The number of aryl methyl sites for hydroxylation is 1. The minimum Gasteiger partial charge on any atom is -0.356 e. The fourth-order valence-corrected chi connectivity index (χ4v) is 2.81. The van der Waals surface area contributed by atoms with E-state index in [0.29, 0.717) is 0 Å². The Kier molecular flexibility index (Phi) is 6.04. The van der Waals surface area contributed by atoms with Crippen molar-refractivity contribution in [3.8, 4) is 0 Å². The lowest BCUT2D eigenvalue weighted by molar-refractivity contribution is 0.324. The molecule has 6 nitrogen and oxygen atoms in total. The van der Waals surface area contributed by atoms with Crippen molar-refractivity contribution in [2.45, 2.75) is 26.3 Å². The number of guanidine groups is 1. The van der Waals surface area contributed by atoms with E-state index in [1.165, 1.54) is 32.5 Å². The quantitative estimate of drug-likeness (QED) is 0.602. The highest BCUT2D eigenvalue weighted by Crippen LogP contribution is 2.15. The molecule has 6 heteroatoms. The fourth-order valence-electron chi connectivity index (χ4n) is 2.81. The monoisotopic (exact) mass is 292 g/mol. The van der Waals surface area contributed by atoms with Crippen LogP contribution in [0.1, 0.15) is 25.5 Å². The van der Waals surface area contributed by atoms with Crippen molar-refractivity contribution < 1.29 is 0 Å². The average molecular weight is 292 g/mol. The van der Waals surface area contributed by atoms with E-state index < -0.39 is 0 Å². The lowest BCUT2D eigenvalue weighted by Crippen LogP contribution is -2.40. The molecule has 1 aliphatic rings. The van der Waals surface area contributed by atoms with Crippen molar-refractivity contribution in [3.05, 3.63) is 18.0 Å². The number of aliphatic imine (C=N–C) groups is 1. The molecule has 0 saturated carbocycles. The highest BCUT2D eigenvalue weighted by Gasteiger charge is 2.21. The van der Waals surface area contributed by atoms with Gasteiger partial charge in [0.15, 0.2) is 5.96 Å². The van der Waals surface area contributed by atoms with Gasteiger partial charge in [0.25, 0.3) is 0 Å². The molecule has 2 N–H and O–H groups in total. The third kappa shape index (κ3) is 4.74. The predicted molar refractivity (Wildman–Crippen MR) is 86.2 cm³/mol. The molecule has 1 atom stereocenters. The molecule has 1 saturated heterocycles. The third-order valence-electron chi connectivity index (χ3n) is 4.05. The van der Waals surface area contributed by atoms with Crippen LogP contribution in [0.5, 0.6) is 0 Å². The number of likely N-dealkylation sites (tertiary alicyclic amines) is 1. The standard InChI is InChI=1S/C15H28N6/c1-4-8-21-9-6-13(12-21)10-17-15(16-2)18-11-14-5-7-19-20(14)3/h5,7,13H,4,6,8-12H2,1-3H3,(H2,16,17,18). The molecule has 0 spiro atoms. The summed E-state index contributed by atoms with van der Waals surface area (Å²) in [6.07, 6.45) is 4.34. The van der Waals surface area contributed by atoms with E-state index in [1.54, 1.807) is 0 Å². The fraction of sp³-hybridized carbons (Fsp3) is 0.733. The molecule has 0 aliphatic carbocycles. The van der Waals surface area contributed by atoms with Crippen LogP contribution in [0, 0.1) is 5.92 Å². The first-order chi connectivity index (χ1) is 10.2. The van der Waals surface area contributed by atoms with E-state index in [-0.39, 0.29) is 0 Å². The number of aromatic nitrogens is 2. The van der Waals surface area contributed by atoms with Gasteiger partial charge in [-0.3, -0.25) is 9.67 Å². The summed E-state index contributed by atoms with van der Waals surface area (Å²) in [7, 11) is 3.77. The molecular weight excluding hydrogens is 264 g/mol. The molecule has 1 aliphatic heterocycles. The van der Waals surface area contributed by atoms with Crippen LogP contribution in [0.15, 0.2) is 17.3 Å². The summed E-state index contributed by atoms with van der Waals surface area (Å²) >= 11 is 0. The van der Waals surface area contributed by atoms with Crippen LogP contribution < -0.4 is 10.6 Å². The lowest BCUT2D eigenvalue weighted by Gasteiger charge is -2.17. The second-order valence-electron chi connectivity index (χ2n) is 5.71. The first-order valence-electron chi connectivity index (χ1n) is 7.86. The van der Waals surface area contributed by atoms with E-state index in [1.807, 2.05) is 31.0 Å². The Bertz CT molecular complexity index is 453. The summed E-state index contributed by atoms with van der Waals surface area (Å²) in [5.41, 5.74) is 1.15. The van der Waals surface area contributed by atoms with Crippen molar-refractivity contribution in [2.24, 2.45) is 18.0 Å². The van der Waals surface area contributed by atoms with Crippen LogP contribution >= 0.6 is 0 Å². The Morgan fingerprint density at radius 2 is 2.33 bits per heavy atom. The Labute approximate surface area is 127 Å². The number of nitrogens with one attached hydrogen (secondary N) is 2. The maximum absolute atomic E-state index is 4.28. The van der Waals surface area contributed by atoms with E-state index in [0.717, 1.165) is 30.7 Å². The van der Waals surface area contributed by atoms with Crippen molar-refractivity contribution in [1.29, 1.82) is 0 Å². The topological polar surface area (TPSA) is 57.5 Å². The van der Waals surface area contributed by atoms with Gasteiger partial charge in [0.1, 0.15) is 0 Å². The lowest BCUT2D eigenvalue weighted by atomic mass is 10.1. The zero-order chi connectivity index (χ0) is 15.1. The average Bonchev–Trinajstić information content (AvgIpc) is 3.09. The highest BCUT2D eigenvalue weighted by atomic mass is 15.3. The number of rotatable bonds is 6. The number of hydrogen-bond acceptors (Lipinski definition) is 3. The molecule has 0 bridgehead atoms. The van der Waals surface area contributed by atoms with Gasteiger partial charge in [-0.05, 0) is 37.9 Å². The van der Waals surface area contributed by atoms with Gasteiger partial charge in [0.2, 0.25) is 0 Å². The molecule has 0 amide bonds. The summed E-state index contributed by atoms with van der Waals surface area (Å²) in [4.78, 5) is 6.84. The predicted octanol–water partition coefficient (Wildman–Crippen LogP) is 0.817. The smallest absolute Gasteiger partial charge is 0.191 e. The Hall–Kier alpha value is -1.56. The minimum absolute atomic E-state index is 0.729. The summed E-state index contributed by atoms with van der Waals surface area (Å²) in [6, 6.07) is 2.01. The summed E-state index contributed by atoms with van der Waals surface area (Å²) < 4.78 is 1.87. The van der Waals surface area contributed by atoms with Gasteiger partial charge in [0.05, 0.1) is 12.2 Å². The largest absolute Gasteiger partial charge is 0.356 e. The molecule has 1 unspecified atom stereocenters. The Morgan fingerprint density at radius 3 is 3.00 bits per heavy atom. The van der Waals surface area contributed by atoms with E-state index >= 15 is 0 Å². The molecule has 1 aromatic rings. The first kappa shape index (κ1) is 15.8. The molecule has 0 aromatic carbocycles.